The molecule has 0 aromatic heterocycles. The van der Waals surface area contributed by atoms with Gasteiger partial charge in [0.2, 0.25) is 0 Å². The Morgan fingerprint density at radius 1 is 1.07 bits per heavy atom. The summed E-state index contributed by atoms with van der Waals surface area (Å²) in [6.45, 7) is 4.64. The largest absolute Gasteiger partial charge is 0.316 e. The highest BCUT2D eigenvalue weighted by atomic mass is 35.5. The van der Waals surface area contributed by atoms with Gasteiger partial charge in [-0.3, -0.25) is 0 Å². The van der Waals surface area contributed by atoms with E-state index in [0.717, 1.165) is 5.02 Å². The lowest BCUT2D eigenvalue weighted by molar-refractivity contribution is 0.103. The maximum Gasteiger partial charge on any atom is 0.0406 e. The average molecular weight is 224 g/mol. The van der Waals surface area contributed by atoms with Crippen molar-refractivity contribution in [3.05, 3.63) is 34.9 Å². The van der Waals surface area contributed by atoms with Gasteiger partial charge in [-0.25, -0.2) is 0 Å². The minimum atomic E-state index is 0.658. The lowest BCUT2D eigenvalue weighted by Gasteiger charge is -2.49. The topological polar surface area (TPSA) is 12.0 Å². The second kappa shape index (κ2) is 4.15. The van der Waals surface area contributed by atoms with E-state index in [1.807, 2.05) is 12.1 Å². The molecule has 0 heterocycles. The Morgan fingerprint density at radius 2 is 1.60 bits per heavy atom. The molecule has 1 fully saturated rings. The monoisotopic (exact) mass is 223 g/mol. The van der Waals surface area contributed by atoms with Crippen LogP contribution in [0.1, 0.15) is 25.3 Å². The van der Waals surface area contributed by atoms with Crippen LogP contribution >= 0.6 is 11.6 Å². The van der Waals surface area contributed by atoms with Crippen molar-refractivity contribution in [3.8, 4) is 0 Å². The standard InChI is InChI=1S/C13H18ClN/c1-8-12(9(2)13(8)15-3)10-4-6-11(14)7-5-10/h4-9,12-13,15H,1-3H3. The highest BCUT2D eigenvalue weighted by Crippen LogP contribution is 2.47. The molecular weight excluding hydrogens is 206 g/mol. The van der Waals surface area contributed by atoms with Gasteiger partial charge in [-0.15, -0.1) is 0 Å². The quantitative estimate of drug-likeness (QED) is 0.812. The molecule has 82 valence electrons. The number of rotatable bonds is 2. The third-order valence-electron chi connectivity index (χ3n) is 3.85. The summed E-state index contributed by atoms with van der Waals surface area (Å²) >= 11 is 5.89. The maximum atomic E-state index is 5.89. The summed E-state index contributed by atoms with van der Waals surface area (Å²) in [7, 11) is 2.05. The first-order valence-corrected chi connectivity index (χ1v) is 5.95. The van der Waals surface area contributed by atoms with Crippen molar-refractivity contribution in [1.82, 2.24) is 5.32 Å². The fraction of sp³-hybridized carbons (Fsp3) is 0.538. The zero-order chi connectivity index (χ0) is 11.0. The molecule has 2 atom stereocenters. The molecule has 1 saturated carbocycles. The highest BCUT2D eigenvalue weighted by molar-refractivity contribution is 6.30. The predicted molar refractivity (Wildman–Crippen MR) is 65.4 cm³/mol. The normalized spacial score (nSPS) is 34.9. The van der Waals surface area contributed by atoms with Crippen molar-refractivity contribution < 1.29 is 0 Å². The van der Waals surface area contributed by atoms with Crippen LogP contribution in [0.3, 0.4) is 0 Å². The van der Waals surface area contributed by atoms with Crippen LogP contribution in [-0.4, -0.2) is 13.1 Å². The Labute approximate surface area is 96.8 Å². The molecule has 0 amide bonds. The van der Waals surface area contributed by atoms with Gasteiger partial charge in [0.05, 0.1) is 0 Å². The maximum absolute atomic E-state index is 5.89. The van der Waals surface area contributed by atoms with Crippen molar-refractivity contribution in [1.29, 1.82) is 0 Å². The smallest absolute Gasteiger partial charge is 0.0406 e. The van der Waals surface area contributed by atoms with Crippen molar-refractivity contribution in [2.24, 2.45) is 11.8 Å². The van der Waals surface area contributed by atoms with E-state index >= 15 is 0 Å². The van der Waals surface area contributed by atoms with E-state index in [1.54, 1.807) is 0 Å². The van der Waals surface area contributed by atoms with Crippen LogP contribution in [-0.2, 0) is 0 Å². The Bertz CT molecular complexity index is 323. The van der Waals surface area contributed by atoms with E-state index in [-0.39, 0.29) is 0 Å². The lowest BCUT2D eigenvalue weighted by atomic mass is 9.60. The van der Waals surface area contributed by atoms with Crippen LogP contribution in [0.25, 0.3) is 0 Å². The van der Waals surface area contributed by atoms with Crippen LogP contribution in [0, 0.1) is 11.8 Å². The van der Waals surface area contributed by atoms with Crippen molar-refractivity contribution in [3.63, 3.8) is 0 Å². The van der Waals surface area contributed by atoms with Gasteiger partial charge in [-0.05, 0) is 42.5 Å². The van der Waals surface area contributed by atoms with Gasteiger partial charge in [0.25, 0.3) is 0 Å². The minimum Gasteiger partial charge on any atom is -0.316 e. The lowest BCUT2D eigenvalue weighted by Crippen LogP contribution is -2.53. The first-order valence-electron chi connectivity index (χ1n) is 5.58. The van der Waals surface area contributed by atoms with E-state index in [1.165, 1.54) is 5.56 Å². The van der Waals surface area contributed by atoms with E-state index in [4.69, 9.17) is 11.6 Å². The average Bonchev–Trinajstić information content (AvgIpc) is 2.22. The predicted octanol–water partition coefficient (Wildman–Crippen LogP) is 3.30. The van der Waals surface area contributed by atoms with Gasteiger partial charge in [-0.1, -0.05) is 37.6 Å². The molecule has 2 unspecified atom stereocenters. The summed E-state index contributed by atoms with van der Waals surface area (Å²) in [5, 5.41) is 4.21. The zero-order valence-electron chi connectivity index (χ0n) is 9.50. The molecule has 0 saturated heterocycles. The zero-order valence-corrected chi connectivity index (χ0v) is 10.3. The first-order chi connectivity index (χ1) is 7.15. The summed E-state index contributed by atoms with van der Waals surface area (Å²) in [4.78, 5) is 0. The van der Waals surface area contributed by atoms with Crippen LogP contribution < -0.4 is 5.32 Å². The van der Waals surface area contributed by atoms with Crippen molar-refractivity contribution in [2.75, 3.05) is 7.05 Å². The summed E-state index contributed by atoms with van der Waals surface area (Å²) in [6, 6.07) is 8.95. The molecule has 2 heteroatoms. The minimum absolute atomic E-state index is 0.658. The van der Waals surface area contributed by atoms with E-state index in [2.05, 4.69) is 38.3 Å². The molecule has 15 heavy (non-hydrogen) atoms. The van der Waals surface area contributed by atoms with Gasteiger partial charge in [0.1, 0.15) is 0 Å². The number of nitrogens with one attached hydrogen (secondary N) is 1. The first kappa shape index (κ1) is 11.0. The fourth-order valence-electron chi connectivity index (χ4n) is 3.08. The summed E-state index contributed by atoms with van der Waals surface area (Å²) < 4.78 is 0. The molecule has 0 bridgehead atoms. The molecule has 1 nitrogen and oxygen atoms in total. The van der Waals surface area contributed by atoms with Gasteiger partial charge >= 0.3 is 0 Å². The van der Waals surface area contributed by atoms with Gasteiger partial charge in [0.15, 0.2) is 0 Å². The van der Waals surface area contributed by atoms with Gasteiger partial charge < -0.3 is 5.32 Å². The number of hydrogen-bond acceptors (Lipinski definition) is 1. The second-order valence-corrected chi connectivity index (χ2v) is 5.05. The number of benzene rings is 1. The Balaban J connectivity index is 2.16. The SMILES string of the molecule is CNC1C(C)C(c2ccc(Cl)cc2)C1C. The second-order valence-electron chi connectivity index (χ2n) is 4.61. The summed E-state index contributed by atoms with van der Waals surface area (Å²) in [5.74, 6) is 2.11. The van der Waals surface area contributed by atoms with Crippen LogP contribution in [0.15, 0.2) is 24.3 Å². The Morgan fingerprint density at radius 3 is 2.07 bits per heavy atom. The third kappa shape index (κ3) is 1.79. The van der Waals surface area contributed by atoms with Crippen LogP contribution in [0.4, 0.5) is 0 Å². The van der Waals surface area contributed by atoms with E-state index < -0.39 is 0 Å². The molecule has 0 aliphatic heterocycles. The Hall–Kier alpha value is -0.530. The highest BCUT2D eigenvalue weighted by Gasteiger charge is 2.44. The molecule has 1 aromatic carbocycles. The third-order valence-corrected chi connectivity index (χ3v) is 4.11. The fourth-order valence-corrected chi connectivity index (χ4v) is 3.20. The molecular formula is C13H18ClN. The summed E-state index contributed by atoms with van der Waals surface area (Å²) in [6.07, 6.45) is 0. The molecule has 0 radical (unpaired) electrons. The van der Waals surface area contributed by atoms with Gasteiger partial charge in [-0.2, -0.15) is 0 Å². The molecule has 1 aromatic rings. The number of halogens is 1. The van der Waals surface area contributed by atoms with Crippen molar-refractivity contribution >= 4 is 11.6 Å². The van der Waals surface area contributed by atoms with Crippen LogP contribution in [0.2, 0.25) is 5.02 Å². The molecule has 1 aliphatic carbocycles. The van der Waals surface area contributed by atoms with Crippen molar-refractivity contribution in [2.45, 2.75) is 25.8 Å². The Kier molecular flexibility index (Phi) is 3.03. The van der Waals surface area contributed by atoms with E-state index in [0.29, 0.717) is 23.8 Å². The van der Waals surface area contributed by atoms with Crippen LogP contribution in [0.5, 0.6) is 0 Å². The molecule has 2 rings (SSSR count). The van der Waals surface area contributed by atoms with Gasteiger partial charge in [0, 0.05) is 11.1 Å². The number of hydrogen-bond donors (Lipinski definition) is 1. The molecule has 1 aliphatic rings. The molecule has 0 spiro atoms. The molecule has 1 N–H and O–H groups in total. The summed E-state index contributed by atoms with van der Waals surface area (Å²) in [5.41, 5.74) is 1.42. The van der Waals surface area contributed by atoms with E-state index in [9.17, 15) is 0 Å².